The van der Waals surface area contributed by atoms with Gasteiger partial charge in [-0.15, -0.1) is 0 Å². The van der Waals surface area contributed by atoms with E-state index in [0.717, 1.165) is 24.3 Å². The highest BCUT2D eigenvalue weighted by Crippen LogP contribution is 2.27. The van der Waals surface area contributed by atoms with Crippen LogP contribution in [0.15, 0.2) is 18.2 Å². The molecule has 0 bridgehead atoms. The molecule has 2 rings (SSSR count). The SMILES string of the molecule is Cc1cc([N+](=O)[O-])ccc1N1CC(N)C1. The summed E-state index contributed by atoms with van der Waals surface area (Å²) >= 11 is 0. The molecule has 5 heteroatoms. The van der Waals surface area contributed by atoms with Gasteiger partial charge in [-0.3, -0.25) is 10.1 Å². The van der Waals surface area contributed by atoms with Gasteiger partial charge in [0.25, 0.3) is 5.69 Å². The van der Waals surface area contributed by atoms with Crippen LogP contribution in [0.3, 0.4) is 0 Å². The Morgan fingerprint density at radius 1 is 1.53 bits per heavy atom. The average molecular weight is 207 g/mol. The summed E-state index contributed by atoms with van der Waals surface area (Å²) in [5.74, 6) is 0. The van der Waals surface area contributed by atoms with E-state index in [0.29, 0.717) is 0 Å². The molecule has 1 aromatic carbocycles. The van der Waals surface area contributed by atoms with E-state index in [2.05, 4.69) is 4.90 Å². The van der Waals surface area contributed by atoms with Crippen molar-refractivity contribution in [2.45, 2.75) is 13.0 Å². The van der Waals surface area contributed by atoms with Crippen LogP contribution in [-0.4, -0.2) is 24.1 Å². The molecule has 1 heterocycles. The third-order valence-corrected chi connectivity index (χ3v) is 2.64. The molecule has 1 aliphatic heterocycles. The Kier molecular flexibility index (Phi) is 2.32. The quantitative estimate of drug-likeness (QED) is 0.581. The van der Waals surface area contributed by atoms with Crippen LogP contribution < -0.4 is 10.6 Å². The molecule has 5 nitrogen and oxygen atoms in total. The molecule has 15 heavy (non-hydrogen) atoms. The van der Waals surface area contributed by atoms with Crippen molar-refractivity contribution >= 4 is 11.4 Å². The molecule has 0 unspecified atom stereocenters. The molecule has 80 valence electrons. The van der Waals surface area contributed by atoms with Crippen molar-refractivity contribution in [1.82, 2.24) is 0 Å². The Hall–Kier alpha value is -1.62. The van der Waals surface area contributed by atoms with E-state index >= 15 is 0 Å². The second-order valence-corrected chi connectivity index (χ2v) is 3.89. The van der Waals surface area contributed by atoms with Crippen LogP contribution in [0, 0.1) is 17.0 Å². The fourth-order valence-corrected chi connectivity index (χ4v) is 1.82. The maximum Gasteiger partial charge on any atom is 0.269 e. The minimum Gasteiger partial charge on any atom is -0.368 e. The van der Waals surface area contributed by atoms with Gasteiger partial charge >= 0.3 is 0 Å². The molecule has 0 atom stereocenters. The van der Waals surface area contributed by atoms with Gasteiger partial charge in [0.1, 0.15) is 0 Å². The summed E-state index contributed by atoms with van der Waals surface area (Å²) in [6.45, 7) is 3.55. The molecule has 0 aliphatic carbocycles. The second-order valence-electron chi connectivity index (χ2n) is 3.89. The Morgan fingerprint density at radius 2 is 2.20 bits per heavy atom. The van der Waals surface area contributed by atoms with Crippen molar-refractivity contribution in [3.8, 4) is 0 Å². The number of benzene rings is 1. The van der Waals surface area contributed by atoms with Crippen molar-refractivity contribution in [3.63, 3.8) is 0 Å². The van der Waals surface area contributed by atoms with Crippen molar-refractivity contribution in [2.75, 3.05) is 18.0 Å². The first-order valence-electron chi connectivity index (χ1n) is 4.83. The first-order valence-corrected chi connectivity index (χ1v) is 4.83. The molecule has 0 saturated carbocycles. The van der Waals surface area contributed by atoms with Crippen molar-refractivity contribution in [1.29, 1.82) is 0 Å². The number of nitrogens with zero attached hydrogens (tertiary/aromatic N) is 2. The number of rotatable bonds is 2. The predicted molar refractivity (Wildman–Crippen MR) is 58.0 cm³/mol. The molecule has 0 radical (unpaired) electrons. The van der Waals surface area contributed by atoms with Gasteiger partial charge in [0.15, 0.2) is 0 Å². The Bertz CT molecular complexity index is 400. The van der Waals surface area contributed by atoms with Gasteiger partial charge in [-0.1, -0.05) is 0 Å². The van der Waals surface area contributed by atoms with E-state index < -0.39 is 0 Å². The van der Waals surface area contributed by atoms with Crippen molar-refractivity contribution < 1.29 is 4.92 Å². The maximum atomic E-state index is 10.5. The normalized spacial score (nSPS) is 16.3. The van der Waals surface area contributed by atoms with Gasteiger partial charge in [0.2, 0.25) is 0 Å². The number of anilines is 1. The number of nitro benzene ring substituents is 1. The zero-order valence-corrected chi connectivity index (χ0v) is 8.51. The van der Waals surface area contributed by atoms with Gasteiger partial charge in [-0.2, -0.15) is 0 Å². The highest BCUT2D eigenvalue weighted by atomic mass is 16.6. The number of non-ortho nitro benzene ring substituents is 1. The Labute approximate surface area is 87.6 Å². The van der Waals surface area contributed by atoms with Gasteiger partial charge in [-0.25, -0.2) is 0 Å². The summed E-state index contributed by atoms with van der Waals surface area (Å²) in [6, 6.07) is 5.16. The summed E-state index contributed by atoms with van der Waals surface area (Å²) in [5, 5.41) is 10.5. The Morgan fingerprint density at radius 3 is 2.67 bits per heavy atom. The molecule has 0 spiro atoms. The van der Waals surface area contributed by atoms with Gasteiger partial charge in [0, 0.05) is 37.0 Å². The molecule has 1 fully saturated rings. The molecular formula is C10H13N3O2. The lowest BCUT2D eigenvalue weighted by atomic mass is 10.1. The molecule has 2 N–H and O–H groups in total. The minimum atomic E-state index is -0.376. The maximum absolute atomic E-state index is 10.5. The van der Waals surface area contributed by atoms with Crippen LogP contribution in [0.1, 0.15) is 5.56 Å². The van der Waals surface area contributed by atoms with Crippen LogP contribution in [-0.2, 0) is 0 Å². The fourth-order valence-electron chi connectivity index (χ4n) is 1.82. The van der Waals surface area contributed by atoms with Crippen LogP contribution in [0.5, 0.6) is 0 Å². The summed E-state index contributed by atoms with van der Waals surface area (Å²) in [6.07, 6.45) is 0. The van der Waals surface area contributed by atoms with E-state index in [1.165, 1.54) is 6.07 Å². The molecule has 1 aromatic rings. The van der Waals surface area contributed by atoms with E-state index in [9.17, 15) is 10.1 Å². The largest absolute Gasteiger partial charge is 0.368 e. The van der Waals surface area contributed by atoms with Crippen molar-refractivity contribution in [3.05, 3.63) is 33.9 Å². The predicted octanol–water partition coefficient (Wildman–Crippen LogP) is 1.05. The summed E-state index contributed by atoms with van der Waals surface area (Å²) in [5.41, 5.74) is 7.80. The van der Waals surface area contributed by atoms with E-state index in [4.69, 9.17) is 5.73 Å². The first kappa shape index (κ1) is 9.92. The fraction of sp³-hybridized carbons (Fsp3) is 0.400. The summed E-state index contributed by atoms with van der Waals surface area (Å²) < 4.78 is 0. The highest BCUT2D eigenvalue weighted by Gasteiger charge is 2.24. The number of hydrogen-bond acceptors (Lipinski definition) is 4. The topological polar surface area (TPSA) is 72.4 Å². The van der Waals surface area contributed by atoms with Gasteiger partial charge in [0.05, 0.1) is 4.92 Å². The standard InChI is InChI=1S/C10H13N3O2/c1-7-4-9(13(14)15)2-3-10(7)12-5-8(11)6-12/h2-4,8H,5-6,11H2,1H3. The van der Waals surface area contributed by atoms with E-state index in [1.807, 2.05) is 6.92 Å². The van der Waals surface area contributed by atoms with Crippen LogP contribution in [0.2, 0.25) is 0 Å². The van der Waals surface area contributed by atoms with E-state index in [1.54, 1.807) is 12.1 Å². The van der Waals surface area contributed by atoms with Gasteiger partial charge < -0.3 is 10.6 Å². The summed E-state index contributed by atoms with van der Waals surface area (Å²) in [4.78, 5) is 12.3. The summed E-state index contributed by atoms with van der Waals surface area (Å²) in [7, 11) is 0. The average Bonchev–Trinajstić information content (AvgIpc) is 2.13. The minimum absolute atomic E-state index is 0.140. The highest BCUT2D eigenvalue weighted by molar-refractivity contribution is 5.59. The third-order valence-electron chi connectivity index (χ3n) is 2.64. The Balaban J connectivity index is 2.23. The third kappa shape index (κ3) is 1.78. The molecule has 0 amide bonds. The lowest BCUT2D eigenvalue weighted by molar-refractivity contribution is -0.384. The number of aryl methyl sites for hydroxylation is 1. The van der Waals surface area contributed by atoms with Crippen LogP contribution in [0.4, 0.5) is 11.4 Å². The molecular weight excluding hydrogens is 194 g/mol. The lowest BCUT2D eigenvalue weighted by Crippen LogP contribution is -2.56. The van der Waals surface area contributed by atoms with Crippen LogP contribution in [0.25, 0.3) is 0 Å². The molecule has 0 aromatic heterocycles. The monoisotopic (exact) mass is 207 g/mol. The lowest BCUT2D eigenvalue weighted by Gasteiger charge is -2.39. The number of nitrogens with two attached hydrogens (primary N) is 1. The van der Waals surface area contributed by atoms with Crippen molar-refractivity contribution in [2.24, 2.45) is 5.73 Å². The zero-order valence-electron chi connectivity index (χ0n) is 8.51. The second kappa shape index (κ2) is 3.51. The van der Waals surface area contributed by atoms with Crippen LogP contribution >= 0.6 is 0 Å². The number of hydrogen-bond donors (Lipinski definition) is 1. The smallest absolute Gasteiger partial charge is 0.269 e. The molecule has 1 saturated heterocycles. The molecule has 1 aliphatic rings. The first-order chi connectivity index (χ1) is 7.08. The van der Waals surface area contributed by atoms with Gasteiger partial charge in [-0.05, 0) is 18.6 Å². The zero-order chi connectivity index (χ0) is 11.0. The number of nitro groups is 1. The van der Waals surface area contributed by atoms with E-state index in [-0.39, 0.29) is 16.7 Å².